The van der Waals surface area contributed by atoms with E-state index in [0.29, 0.717) is 0 Å². The molecule has 0 radical (unpaired) electrons. The molecule has 2 aromatic rings. The zero-order valence-corrected chi connectivity index (χ0v) is 13.4. The molecular formula is C14H12Br2N2O. The van der Waals surface area contributed by atoms with Gasteiger partial charge in [-0.2, -0.15) is 0 Å². The fraction of sp³-hybridized carbons (Fsp3) is 0.0714. The van der Waals surface area contributed by atoms with E-state index >= 15 is 0 Å². The first-order valence-electron chi connectivity index (χ1n) is 5.65. The number of aryl methyl sites for hydroxylation is 1. The van der Waals surface area contributed by atoms with E-state index in [0.717, 1.165) is 25.9 Å². The van der Waals surface area contributed by atoms with Crippen LogP contribution in [0, 0.1) is 6.92 Å². The second kappa shape index (κ2) is 6.21. The van der Waals surface area contributed by atoms with E-state index in [4.69, 9.17) is 0 Å². The molecule has 0 fully saturated rings. The van der Waals surface area contributed by atoms with Crippen molar-refractivity contribution in [3.05, 3.63) is 57.0 Å². The van der Waals surface area contributed by atoms with Crippen LogP contribution in [0.2, 0.25) is 0 Å². The fourth-order valence-corrected chi connectivity index (χ4v) is 2.47. The normalized spacial score (nSPS) is 10.1. The first-order chi connectivity index (χ1) is 9.06. The van der Waals surface area contributed by atoms with Gasteiger partial charge in [0.25, 0.3) is 0 Å². The summed E-state index contributed by atoms with van der Waals surface area (Å²) in [5, 5.41) is 5.61. The van der Waals surface area contributed by atoms with Crippen LogP contribution in [0.3, 0.4) is 0 Å². The molecule has 0 aromatic heterocycles. The predicted octanol–water partition coefficient (Wildman–Crippen LogP) is 5.16. The molecule has 0 bridgehead atoms. The summed E-state index contributed by atoms with van der Waals surface area (Å²) in [6.07, 6.45) is 0. The van der Waals surface area contributed by atoms with Crippen LogP contribution < -0.4 is 10.6 Å². The minimum absolute atomic E-state index is 0.266. The van der Waals surface area contributed by atoms with Gasteiger partial charge >= 0.3 is 6.03 Å². The Morgan fingerprint density at radius 2 is 1.68 bits per heavy atom. The molecule has 0 aliphatic heterocycles. The Morgan fingerprint density at radius 1 is 1.00 bits per heavy atom. The van der Waals surface area contributed by atoms with Crippen LogP contribution in [-0.2, 0) is 0 Å². The highest BCUT2D eigenvalue weighted by Gasteiger charge is 2.06. The van der Waals surface area contributed by atoms with Gasteiger partial charge in [0, 0.05) is 14.6 Å². The van der Waals surface area contributed by atoms with Crippen molar-refractivity contribution in [3.8, 4) is 0 Å². The van der Waals surface area contributed by atoms with Gasteiger partial charge in [-0.15, -0.1) is 0 Å². The Kier molecular flexibility index (Phi) is 4.61. The Balaban J connectivity index is 2.08. The first-order valence-corrected chi connectivity index (χ1v) is 7.23. The number of hydrogen-bond donors (Lipinski definition) is 2. The number of halogens is 2. The van der Waals surface area contributed by atoms with Crippen LogP contribution in [0.25, 0.3) is 0 Å². The summed E-state index contributed by atoms with van der Waals surface area (Å²) in [7, 11) is 0. The molecule has 0 unspecified atom stereocenters. The third kappa shape index (κ3) is 3.81. The maximum absolute atomic E-state index is 11.9. The molecule has 0 saturated carbocycles. The maximum Gasteiger partial charge on any atom is 0.323 e. The third-order valence-corrected chi connectivity index (χ3v) is 3.74. The molecule has 2 N–H and O–H groups in total. The Labute approximate surface area is 128 Å². The maximum atomic E-state index is 11.9. The average molecular weight is 384 g/mol. The molecule has 0 aliphatic rings. The molecule has 0 spiro atoms. The van der Waals surface area contributed by atoms with E-state index in [2.05, 4.69) is 42.5 Å². The summed E-state index contributed by atoms with van der Waals surface area (Å²) >= 11 is 6.78. The monoisotopic (exact) mass is 382 g/mol. The van der Waals surface area contributed by atoms with Crippen LogP contribution in [0.15, 0.2) is 51.4 Å². The highest BCUT2D eigenvalue weighted by Crippen LogP contribution is 2.23. The van der Waals surface area contributed by atoms with Crippen LogP contribution in [0.4, 0.5) is 16.2 Å². The summed E-state index contributed by atoms with van der Waals surface area (Å²) in [6, 6.07) is 12.9. The number of carbonyl (C=O) groups excluding carboxylic acids is 1. The smallest absolute Gasteiger partial charge is 0.307 e. The Hall–Kier alpha value is -1.33. The van der Waals surface area contributed by atoms with Gasteiger partial charge in [0.15, 0.2) is 0 Å². The van der Waals surface area contributed by atoms with Crippen molar-refractivity contribution >= 4 is 49.3 Å². The van der Waals surface area contributed by atoms with Crippen molar-refractivity contribution in [2.24, 2.45) is 0 Å². The quantitative estimate of drug-likeness (QED) is 0.738. The van der Waals surface area contributed by atoms with Crippen molar-refractivity contribution in [2.75, 3.05) is 10.6 Å². The first kappa shape index (κ1) is 14.1. The zero-order chi connectivity index (χ0) is 13.8. The van der Waals surface area contributed by atoms with Crippen molar-refractivity contribution in [1.29, 1.82) is 0 Å². The minimum Gasteiger partial charge on any atom is -0.307 e. The van der Waals surface area contributed by atoms with Gasteiger partial charge in [-0.05, 0) is 58.7 Å². The van der Waals surface area contributed by atoms with Crippen molar-refractivity contribution in [1.82, 2.24) is 0 Å². The van der Waals surface area contributed by atoms with Gasteiger partial charge in [0.05, 0.1) is 5.69 Å². The highest BCUT2D eigenvalue weighted by molar-refractivity contribution is 9.10. The van der Waals surface area contributed by atoms with Crippen LogP contribution in [-0.4, -0.2) is 6.03 Å². The van der Waals surface area contributed by atoms with Crippen molar-refractivity contribution in [2.45, 2.75) is 6.92 Å². The van der Waals surface area contributed by atoms with E-state index in [9.17, 15) is 4.79 Å². The Morgan fingerprint density at radius 3 is 2.37 bits per heavy atom. The molecule has 0 atom stereocenters. The number of carbonyl (C=O) groups is 1. The van der Waals surface area contributed by atoms with E-state index in [1.165, 1.54) is 0 Å². The summed E-state index contributed by atoms with van der Waals surface area (Å²) in [5.41, 5.74) is 2.51. The molecule has 2 rings (SSSR count). The van der Waals surface area contributed by atoms with Gasteiger partial charge in [-0.3, -0.25) is 0 Å². The molecule has 19 heavy (non-hydrogen) atoms. The number of rotatable bonds is 2. The van der Waals surface area contributed by atoms with E-state index in [-0.39, 0.29) is 6.03 Å². The summed E-state index contributed by atoms with van der Waals surface area (Å²) in [6.45, 7) is 1.94. The summed E-state index contributed by atoms with van der Waals surface area (Å²) in [5.74, 6) is 0. The van der Waals surface area contributed by atoms with E-state index in [1.807, 2.05) is 49.4 Å². The van der Waals surface area contributed by atoms with Crippen molar-refractivity contribution < 1.29 is 4.79 Å². The highest BCUT2D eigenvalue weighted by atomic mass is 79.9. The Bertz CT molecular complexity index is 614. The largest absolute Gasteiger partial charge is 0.323 e. The lowest BCUT2D eigenvalue weighted by Crippen LogP contribution is -2.20. The minimum atomic E-state index is -0.266. The lowest BCUT2D eigenvalue weighted by molar-refractivity contribution is 0.262. The molecule has 98 valence electrons. The average Bonchev–Trinajstić information content (AvgIpc) is 2.36. The van der Waals surface area contributed by atoms with Gasteiger partial charge in [0.1, 0.15) is 0 Å². The van der Waals surface area contributed by atoms with E-state index < -0.39 is 0 Å². The molecule has 0 saturated heterocycles. The third-order valence-electron chi connectivity index (χ3n) is 2.56. The molecule has 5 heteroatoms. The second-order valence-corrected chi connectivity index (χ2v) is 5.79. The number of amides is 2. The van der Waals surface area contributed by atoms with Crippen LogP contribution >= 0.6 is 31.9 Å². The molecule has 3 nitrogen and oxygen atoms in total. The molecular weight excluding hydrogens is 372 g/mol. The fourth-order valence-electron chi connectivity index (χ4n) is 1.61. The topological polar surface area (TPSA) is 41.1 Å². The molecule has 2 amide bonds. The predicted molar refractivity (Wildman–Crippen MR) is 85.7 cm³/mol. The number of anilines is 2. The SMILES string of the molecule is Cc1cc(Br)ccc1NC(=O)Nc1ccccc1Br. The number of nitrogens with one attached hydrogen (secondary N) is 2. The summed E-state index contributed by atoms with van der Waals surface area (Å²) in [4.78, 5) is 11.9. The molecule has 0 aliphatic carbocycles. The number of benzene rings is 2. The number of para-hydroxylation sites is 1. The molecule has 0 heterocycles. The lowest BCUT2D eigenvalue weighted by atomic mass is 10.2. The van der Waals surface area contributed by atoms with Gasteiger partial charge in [0.2, 0.25) is 0 Å². The lowest BCUT2D eigenvalue weighted by Gasteiger charge is -2.11. The number of urea groups is 1. The summed E-state index contributed by atoms with van der Waals surface area (Å²) < 4.78 is 1.83. The number of hydrogen-bond acceptors (Lipinski definition) is 1. The zero-order valence-electron chi connectivity index (χ0n) is 10.2. The van der Waals surface area contributed by atoms with Crippen LogP contribution in [0.1, 0.15) is 5.56 Å². The van der Waals surface area contributed by atoms with Gasteiger partial charge in [-0.1, -0.05) is 28.1 Å². The van der Waals surface area contributed by atoms with E-state index in [1.54, 1.807) is 0 Å². The second-order valence-electron chi connectivity index (χ2n) is 4.02. The van der Waals surface area contributed by atoms with Gasteiger partial charge < -0.3 is 10.6 Å². The van der Waals surface area contributed by atoms with Crippen LogP contribution in [0.5, 0.6) is 0 Å². The standard InChI is InChI=1S/C14H12Br2N2O/c1-9-8-10(15)6-7-12(9)17-14(19)18-13-5-3-2-4-11(13)16/h2-8H,1H3,(H2,17,18,19). The van der Waals surface area contributed by atoms with Crippen molar-refractivity contribution in [3.63, 3.8) is 0 Å². The van der Waals surface area contributed by atoms with Gasteiger partial charge in [-0.25, -0.2) is 4.79 Å². The molecule has 2 aromatic carbocycles.